The van der Waals surface area contributed by atoms with Crippen LogP contribution in [0.25, 0.3) is 0 Å². The van der Waals surface area contributed by atoms with Gasteiger partial charge in [-0.15, -0.1) is 0 Å². The van der Waals surface area contributed by atoms with Gasteiger partial charge in [0.25, 0.3) is 0 Å². The van der Waals surface area contributed by atoms with Crippen LogP contribution in [0.1, 0.15) is 57.8 Å². The number of ether oxygens (including phenoxy) is 1. The zero-order valence-electron chi connectivity index (χ0n) is 13.2. The van der Waals surface area contributed by atoms with Crippen LogP contribution in [0.3, 0.4) is 0 Å². The highest BCUT2D eigenvalue weighted by molar-refractivity contribution is 5.37. The van der Waals surface area contributed by atoms with E-state index < -0.39 is 0 Å². The first-order valence-electron chi connectivity index (χ1n) is 9.03. The third-order valence-corrected chi connectivity index (χ3v) is 6.33. The number of allylic oxidation sites excluding steroid dienone is 3. The molecule has 4 bridgehead atoms. The van der Waals surface area contributed by atoms with Crippen LogP contribution in [0.2, 0.25) is 0 Å². The van der Waals surface area contributed by atoms with Crippen LogP contribution < -0.4 is 5.73 Å². The third kappa shape index (κ3) is 2.46. The van der Waals surface area contributed by atoms with Crippen LogP contribution in [0.5, 0.6) is 0 Å². The molecule has 0 amide bonds. The first-order chi connectivity index (χ1) is 10.3. The lowest BCUT2D eigenvalue weighted by Gasteiger charge is -2.58. The number of hydrogen-bond donors (Lipinski definition) is 1. The van der Waals surface area contributed by atoms with E-state index in [1.807, 2.05) is 0 Å². The van der Waals surface area contributed by atoms with Gasteiger partial charge in [-0.1, -0.05) is 6.08 Å². The number of hydrogen-bond acceptors (Lipinski definition) is 2. The first-order valence-corrected chi connectivity index (χ1v) is 9.03. The van der Waals surface area contributed by atoms with Crippen molar-refractivity contribution in [1.29, 1.82) is 0 Å². The molecule has 2 heteroatoms. The summed E-state index contributed by atoms with van der Waals surface area (Å²) in [6, 6.07) is 0. The lowest BCUT2D eigenvalue weighted by molar-refractivity contribution is -0.0332. The van der Waals surface area contributed by atoms with Crippen molar-refractivity contribution in [3.05, 3.63) is 23.5 Å². The molecule has 4 saturated carbocycles. The van der Waals surface area contributed by atoms with Gasteiger partial charge in [0.2, 0.25) is 0 Å². The molecule has 5 aliphatic rings. The summed E-state index contributed by atoms with van der Waals surface area (Å²) in [6.07, 6.45) is 17.0. The molecule has 0 aromatic heterocycles. The Kier molecular flexibility index (Phi) is 3.61. The molecule has 0 atom stereocenters. The molecular weight excluding hydrogens is 258 g/mol. The monoisotopic (exact) mass is 287 g/mol. The molecule has 0 heterocycles. The minimum atomic E-state index is 0.476. The maximum atomic E-state index is 6.14. The van der Waals surface area contributed by atoms with E-state index in [9.17, 15) is 0 Å². The summed E-state index contributed by atoms with van der Waals surface area (Å²) in [4.78, 5) is 0. The van der Waals surface area contributed by atoms with E-state index in [0.29, 0.717) is 5.41 Å². The Bertz CT molecular complexity index is 427. The summed E-state index contributed by atoms with van der Waals surface area (Å²) < 4.78 is 6.14. The molecule has 4 fully saturated rings. The Balaban J connectivity index is 1.56. The Hall–Kier alpha value is -0.760. The third-order valence-electron chi connectivity index (χ3n) is 6.33. The van der Waals surface area contributed by atoms with Gasteiger partial charge in [0, 0.05) is 0 Å². The van der Waals surface area contributed by atoms with Crippen LogP contribution >= 0.6 is 0 Å². The van der Waals surface area contributed by atoms with Crippen molar-refractivity contribution in [3.8, 4) is 0 Å². The van der Waals surface area contributed by atoms with Gasteiger partial charge in [-0.2, -0.15) is 0 Å². The first kappa shape index (κ1) is 13.9. The average molecular weight is 287 g/mol. The summed E-state index contributed by atoms with van der Waals surface area (Å²) in [5.74, 6) is 4.23. The molecule has 116 valence electrons. The molecule has 0 aromatic carbocycles. The van der Waals surface area contributed by atoms with E-state index in [1.165, 1.54) is 50.7 Å². The molecule has 2 N–H and O–H groups in total. The molecule has 0 radical (unpaired) electrons. The van der Waals surface area contributed by atoms with Crippen molar-refractivity contribution in [1.82, 2.24) is 0 Å². The SMILES string of the molecule is NCCCOC1=CCCC=C1C12CC3CC(CC(C3)C1)C2. The van der Waals surface area contributed by atoms with Crippen molar-refractivity contribution in [2.75, 3.05) is 13.2 Å². The lowest BCUT2D eigenvalue weighted by Crippen LogP contribution is -2.47. The standard InChI is InChI=1S/C19H29NO/c20-6-3-7-21-18-5-2-1-4-17(18)19-11-14-8-15(12-19)10-16(9-14)13-19/h4-5,14-16H,1-3,6-13,20H2. The summed E-state index contributed by atoms with van der Waals surface area (Å²) in [6.45, 7) is 1.51. The van der Waals surface area contributed by atoms with E-state index >= 15 is 0 Å². The van der Waals surface area contributed by atoms with Gasteiger partial charge in [-0.05, 0) is 99.1 Å². The molecule has 2 nitrogen and oxygen atoms in total. The van der Waals surface area contributed by atoms with Gasteiger partial charge >= 0.3 is 0 Å². The van der Waals surface area contributed by atoms with Crippen LogP contribution in [0.4, 0.5) is 0 Å². The molecular formula is C19H29NO. The van der Waals surface area contributed by atoms with Crippen molar-refractivity contribution in [2.24, 2.45) is 28.9 Å². The molecule has 0 aromatic rings. The zero-order valence-corrected chi connectivity index (χ0v) is 13.2. The molecule has 5 rings (SSSR count). The largest absolute Gasteiger partial charge is 0.494 e. The van der Waals surface area contributed by atoms with E-state index in [1.54, 1.807) is 5.57 Å². The van der Waals surface area contributed by atoms with Gasteiger partial charge in [0.15, 0.2) is 0 Å². The Morgan fingerprint density at radius 3 is 2.24 bits per heavy atom. The maximum Gasteiger partial charge on any atom is 0.118 e. The Morgan fingerprint density at radius 2 is 1.62 bits per heavy atom. The lowest BCUT2D eigenvalue weighted by atomic mass is 9.47. The van der Waals surface area contributed by atoms with Crippen molar-refractivity contribution < 1.29 is 4.74 Å². The topological polar surface area (TPSA) is 35.2 Å². The van der Waals surface area contributed by atoms with Crippen LogP contribution in [-0.2, 0) is 4.74 Å². The average Bonchev–Trinajstić information content (AvgIpc) is 2.46. The maximum absolute atomic E-state index is 6.14. The van der Waals surface area contributed by atoms with E-state index in [2.05, 4.69) is 12.2 Å². The van der Waals surface area contributed by atoms with Gasteiger partial charge in [-0.3, -0.25) is 0 Å². The molecule has 0 unspecified atom stereocenters. The van der Waals surface area contributed by atoms with Crippen molar-refractivity contribution >= 4 is 0 Å². The molecule has 0 saturated heterocycles. The molecule has 0 aliphatic heterocycles. The summed E-state index contributed by atoms with van der Waals surface area (Å²) in [5, 5.41) is 0. The highest BCUT2D eigenvalue weighted by Gasteiger charge is 2.53. The van der Waals surface area contributed by atoms with Crippen LogP contribution in [0, 0.1) is 23.2 Å². The predicted octanol–water partition coefficient (Wildman–Crippen LogP) is 4.17. The highest BCUT2D eigenvalue weighted by Crippen LogP contribution is 2.64. The van der Waals surface area contributed by atoms with Gasteiger partial charge < -0.3 is 10.5 Å². The van der Waals surface area contributed by atoms with Gasteiger partial charge in [0.1, 0.15) is 5.76 Å². The quantitative estimate of drug-likeness (QED) is 0.770. The van der Waals surface area contributed by atoms with E-state index in [-0.39, 0.29) is 0 Å². The fourth-order valence-electron chi connectivity index (χ4n) is 5.97. The Labute approximate surface area is 128 Å². The highest BCUT2D eigenvalue weighted by atomic mass is 16.5. The smallest absolute Gasteiger partial charge is 0.118 e. The molecule has 21 heavy (non-hydrogen) atoms. The normalized spacial score (nSPS) is 40.9. The van der Waals surface area contributed by atoms with Crippen LogP contribution in [-0.4, -0.2) is 13.2 Å². The van der Waals surface area contributed by atoms with Crippen molar-refractivity contribution in [2.45, 2.75) is 57.8 Å². The number of rotatable bonds is 5. The minimum absolute atomic E-state index is 0.476. The fourth-order valence-corrected chi connectivity index (χ4v) is 5.97. The minimum Gasteiger partial charge on any atom is -0.494 e. The second-order valence-corrected chi connectivity index (χ2v) is 7.95. The predicted molar refractivity (Wildman–Crippen MR) is 85.6 cm³/mol. The second kappa shape index (κ2) is 5.46. The van der Waals surface area contributed by atoms with Gasteiger partial charge in [-0.25, -0.2) is 0 Å². The van der Waals surface area contributed by atoms with E-state index in [4.69, 9.17) is 10.5 Å². The Morgan fingerprint density at radius 1 is 1.00 bits per heavy atom. The van der Waals surface area contributed by atoms with Gasteiger partial charge in [0.05, 0.1) is 6.61 Å². The van der Waals surface area contributed by atoms with Crippen molar-refractivity contribution in [3.63, 3.8) is 0 Å². The van der Waals surface area contributed by atoms with Crippen LogP contribution in [0.15, 0.2) is 23.5 Å². The second-order valence-electron chi connectivity index (χ2n) is 7.95. The molecule has 5 aliphatic carbocycles. The van der Waals surface area contributed by atoms with E-state index in [0.717, 1.165) is 43.7 Å². The molecule has 0 spiro atoms. The summed E-state index contributed by atoms with van der Waals surface area (Å²) >= 11 is 0. The summed E-state index contributed by atoms with van der Waals surface area (Å²) in [5.41, 5.74) is 7.67. The fraction of sp³-hybridized carbons (Fsp3) is 0.789. The zero-order chi connectivity index (χ0) is 14.3. The number of nitrogens with two attached hydrogens (primary N) is 1. The summed E-state index contributed by atoms with van der Waals surface area (Å²) in [7, 11) is 0.